The van der Waals surface area contributed by atoms with Crippen molar-refractivity contribution in [2.24, 2.45) is 0 Å². The van der Waals surface area contributed by atoms with Crippen molar-refractivity contribution in [3.05, 3.63) is 172 Å². The second-order valence-electron chi connectivity index (χ2n) is 16.1. The van der Waals surface area contributed by atoms with Crippen molar-refractivity contribution >= 4 is 83.5 Å². The number of fused-ring (bicyclic) bond motifs is 4. The third-order valence-corrected chi connectivity index (χ3v) is 15.5. The van der Waals surface area contributed by atoms with Crippen LogP contribution in [-0.2, 0) is 25.9 Å². The Hall–Kier alpha value is -7.12. The molecule has 12 rings (SSSR count). The Morgan fingerprint density at radius 2 is 1.13 bits per heavy atom. The first-order chi connectivity index (χ1) is 34.3. The molecule has 4 N–H and O–H groups in total. The monoisotopic (exact) mass is 1090 g/mol. The third-order valence-electron chi connectivity index (χ3n) is 11.7. The van der Waals surface area contributed by atoms with Gasteiger partial charge in [-0.3, -0.25) is 5.41 Å². The first kappa shape index (κ1) is 45.3. The summed E-state index contributed by atoms with van der Waals surface area (Å²) in [4.78, 5) is 27.6. The number of aryl methyl sites for hydroxylation is 4. The maximum atomic E-state index is 8.25. The third kappa shape index (κ3) is 9.72. The molecular weight excluding hydrogens is 1050 g/mol. The minimum atomic E-state index is 0.174. The van der Waals surface area contributed by atoms with Crippen molar-refractivity contribution in [1.82, 2.24) is 39.0 Å². The van der Waals surface area contributed by atoms with E-state index in [1.165, 1.54) is 63.2 Å². The molecule has 0 aliphatic carbocycles. The van der Waals surface area contributed by atoms with Gasteiger partial charge in [0.1, 0.15) is 11.8 Å². The van der Waals surface area contributed by atoms with Crippen molar-refractivity contribution in [3.63, 3.8) is 0 Å². The van der Waals surface area contributed by atoms with Gasteiger partial charge in [-0.25, -0.2) is 24.9 Å². The fourth-order valence-corrected chi connectivity index (χ4v) is 10.9. The van der Waals surface area contributed by atoms with Crippen LogP contribution in [0.1, 0.15) is 11.1 Å². The highest BCUT2D eigenvalue weighted by Crippen LogP contribution is 2.44. The van der Waals surface area contributed by atoms with E-state index in [0.717, 1.165) is 59.6 Å². The van der Waals surface area contributed by atoms with Crippen LogP contribution in [0.4, 0.5) is 5.82 Å². The molecule has 18 heteroatoms. The number of hydrogen-bond acceptors (Lipinski definition) is 13. The van der Waals surface area contributed by atoms with E-state index >= 15 is 0 Å². The Morgan fingerprint density at radius 1 is 0.600 bits per heavy atom. The molecule has 348 valence electrons. The van der Waals surface area contributed by atoms with Crippen molar-refractivity contribution in [1.29, 1.82) is 5.41 Å². The van der Waals surface area contributed by atoms with E-state index in [9.17, 15) is 0 Å². The van der Waals surface area contributed by atoms with Gasteiger partial charge in [0.15, 0.2) is 61.4 Å². The maximum Gasteiger partial charge on any atom is 0.231 e. The smallest absolute Gasteiger partial charge is 0.231 e. The highest BCUT2D eigenvalue weighted by molar-refractivity contribution is 9.10. The van der Waals surface area contributed by atoms with E-state index in [1.807, 2.05) is 41.0 Å². The normalized spacial score (nSPS) is 12.4. The molecule has 10 aromatic rings. The quantitative estimate of drug-likeness (QED) is 0.106. The molecule has 0 amide bonds. The molecule has 14 nitrogen and oxygen atoms in total. The molecule has 0 atom stereocenters. The SMILES string of the molecule is N=c1ncn(CCc2ccc(-c3ccccc3)cc2)c2nc(Sc3cc4c(cc3Br)OCO4)[nH]c12.Nc1ncnc2c1nc(Sc1cc3c(cc1Br)OCO3)n2CCc1ccc(-c2ccccc2)cc1. The van der Waals surface area contributed by atoms with Gasteiger partial charge in [-0.05, 0) is 102 Å². The second kappa shape index (κ2) is 20.1. The molecule has 0 bridgehead atoms. The van der Waals surface area contributed by atoms with Gasteiger partial charge in [-0.15, -0.1) is 0 Å². The molecule has 0 fully saturated rings. The minimum Gasteiger partial charge on any atom is -0.454 e. The van der Waals surface area contributed by atoms with Crippen LogP contribution in [0.15, 0.2) is 175 Å². The molecule has 0 saturated heterocycles. The molecule has 0 spiro atoms. The van der Waals surface area contributed by atoms with Gasteiger partial charge in [0.2, 0.25) is 13.6 Å². The van der Waals surface area contributed by atoms with Crippen LogP contribution in [-0.4, -0.2) is 52.6 Å². The van der Waals surface area contributed by atoms with E-state index in [0.29, 0.717) is 46.5 Å². The fraction of sp³-hybridized carbons (Fsp3) is 0.115. The lowest BCUT2D eigenvalue weighted by Crippen LogP contribution is -2.13. The number of nitrogens with zero attached hydrogens (tertiary/aromatic N) is 7. The largest absolute Gasteiger partial charge is 0.454 e. The van der Waals surface area contributed by atoms with Crippen LogP contribution in [0.3, 0.4) is 0 Å². The van der Waals surface area contributed by atoms with Crippen LogP contribution in [0.25, 0.3) is 44.6 Å². The Morgan fingerprint density at radius 3 is 1.71 bits per heavy atom. The molecular formula is C52H40Br2N10O4S2. The summed E-state index contributed by atoms with van der Waals surface area (Å²) in [5.41, 5.74) is 16.2. The number of benzene rings is 6. The zero-order chi connectivity index (χ0) is 47.6. The lowest BCUT2D eigenvalue weighted by atomic mass is 10.0. The summed E-state index contributed by atoms with van der Waals surface area (Å²) >= 11 is 10.2. The summed E-state index contributed by atoms with van der Waals surface area (Å²) in [5, 5.41) is 9.71. The predicted molar refractivity (Wildman–Crippen MR) is 277 cm³/mol. The molecule has 70 heavy (non-hydrogen) atoms. The van der Waals surface area contributed by atoms with Gasteiger partial charge in [0.25, 0.3) is 0 Å². The van der Waals surface area contributed by atoms with Gasteiger partial charge in [-0.2, -0.15) is 0 Å². The van der Waals surface area contributed by atoms with E-state index in [2.05, 4.69) is 153 Å². The summed E-state index contributed by atoms with van der Waals surface area (Å²) < 4.78 is 27.9. The highest BCUT2D eigenvalue weighted by atomic mass is 79.9. The zero-order valence-electron chi connectivity index (χ0n) is 37.0. The van der Waals surface area contributed by atoms with Crippen molar-refractivity contribution in [2.75, 3.05) is 19.3 Å². The number of anilines is 1. The number of imidazole rings is 2. The second-order valence-corrected chi connectivity index (χ2v) is 19.9. The predicted octanol–water partition coefficient (Wildman–Crippen LogP) is 11.8. The first-order valence-corrected chi connectivity index (χ1v) is 25.3. The van der Waals surface area contributed by atoms with Gasteiger partial charge in [0.05, 0.1) is 6.33 Å². The summed E-state index contributed by atoms with van der Waals surface area (Å²) in [5.74, 6) is 3.24. The van der Waals surface area contributed by atoms with Crippen LogP contribution in [0.5, 0.6) is 23.0 Å². The van der Waals surface area contributed by atoms with E-state index < -0.39 is 0 Å². The molecule has 6 heterocycles. The number of ether oxygens (including phenoxy) is 4. The van der Waals surface area contributed by atoms with Gasteiger partial charge < -0.3 is 38.8 Å². The van der Waals surface area contributed by atoms with E-state index in [-0.39, 0.29) is 19.1 Å². The number of nitrogens with two attached hydrogens (primary N) is 1. The summed E-state index contributed by atoms with van der Waals surface area (Å²) in [6.45, 7) is 1.85. The minimum absolute atomic E-state index is 0.174. The summed E-state index contributed by atoms with van der Waals surface area (Å²) in [6, 6.07) is 45.7. The maximum absolute atomic E-state index is 8.25. The summed E-state index contributed by atoms with van der Waals surface area (Å²) in [7, 11) is 0. The number of rotatable bonds is 12. The van der Waals surface area contributed by atoms with Crippen LogP contribution in [0.2, 0.25) is 0 Å². The van der Waals surface area contributed by atoms with Gasteiger partial charge in [0, 0.05) is 31.8 Å². The molecule has 4 aromatic heterocycles. The van der Waals surface area contributed by atoms with Gasteiger partial charge in [-0.1, -0.05) is 133 Å². The molecule has 0 radical (unpaired) electrons. The molecule has 6 aromatic carbocycles. The van der Waals surface area contributed by atoms with Gasteiger partial charge >= 0.3 is 0 Å². The Labute approximate surface area is 426 Å². The Kier molecular flexibility index (Phi) is 13.0. The lowest BCUT2D eigenvalue weighted by Gasteiger charge is -2.10. The van der Waals surface area contributed by atoms with Crippen molar-refractivity contribution < 1.29 is 18.9 Å². The zero-order valence-corrected chi connectivity index (χ0v) is 41.8. The fourth-order valence-electron chi connectivity index (χ4n) is 8.02. The highest BCUT2D eigenvalue weighted by Gasteiger charge is 2.22. The standard InChI is InChI=1S/2C26H20BrN5O2S/c27-19-12-20-21(34-15-33-20)13-22(19)35-26-30-23-24(28)29-14-32(25(23)31-26)11-10-16-6-8-18(9-7-16)17-4-2-1-3-5-17;27-19-12-20-21(34-15-33-20)13-22(19)35-26-31-23-24(28)29-14-30-25(23)32(26)11-10-16-6-8-18(9-7-16)17-4-2-1-3-5-17/h1-9,12-14,28H,10-11,15H2,(H,30,31);1-9,12-14H,10-11,15H2,(H2,28,29,30). The van der Waals surface area contributed by atoms with Crippen LogP contribution < -0.4 is 30.2 Å². The topological polar surface area (TPSA) is 177 Å². The molecule has 0 unspecified atom stereocenters. The molecule has 2 aliphatic heterocycles. The van der Waals surface area contributed by atoms with Crippen molar-refractivity contribution in [3.8, 4) is 45.3 Å². The average Bonchev–Trinajstić information content (AvgIpc) is 4.22. The number of nitrogen functional groups attached to an aromatic ring is 1. The van der Waals surface area contributed by atoms with E-state index in [1.54, 1.807) is 6.33 Å². The Bertz CT molecular complexity index is 3580. The molecule has 0 saturated carbocycles. The first-order valence-electron chi connectivity index (χ1n) is 22.1. The van der Waals surface area contributed by atoms with Crippen LogP contribution >= 0.6 is 55.4 Å². The van der Waals surface area contributed by atoms with Crippen molar-refractivity contribution in [2.45, 2.75) is 46.0 Å². The van der Waals surface area contributed by atoms with E-state index in [4.69, 9.17) is 40.1 Å². The molecule has 2 aliphatic rings. The number of aromatic amines is 1. The number of hydrogen-bond donors (Lipinski definition) is 3. The number of aromatic nitrogens is 8. The summed E-state index contributed by atoms with van der Waals surface area (Å²) in [6.07, 6.45) is 4.82. The average molecular weight is 1090 g/mol. The number of H-pyrrole nitrogens is 1. The Balaban J connectivity index is 0.000000152. The number of nitrogens with one attached hydrogen (secondary N) is 2. The lowest BCUT2D eigenvalue weighted by molar-refractivity contribution is 0.173. The van der Waals surface area contributed by atoms with Crippen LogP contribution in [0, 0.1) is 5.41 Å². The number of halogens is 2.